The number of aryl methyl sites for hydroxylation is 1. The maximum absolute atomic E-state index is 4.38. The number of rotatable bonds is 5. The van der Waals surface area contributed by atoms with Crippen LogP contribution in [0, 0.1) is 6.92 Å². The van der Waals surface area contributed by atoms with E-state index >= 15 is 0 Å². The predicted molar refractivity (Wildman–Crippen MR) is 69.8 cm³/mol. The topological polar surface area (TPSA) is 24.9 Å². The van der Waals surface area contributed by atoms with Crippen molar-refractivity contribution in [1.82, 2.24) is 10.3 Å². The third-order valence-electron chi connectivity index (χ3n) is 3.06. The van der Waals surface area contributed by atoms with Gasteiger partial charge in [-0.1, -0.05) is 26.8 Å². The monoisotopic (exact) mass is 220 g/mol. The number of nitrogens with one attached hydrogen (secondary N) is 1. The summed E-state index contributed by atoms with van der Waals surface area (Å²) < 4.78 is 0. The zero-order valence-corrected chi connectivity index (χ0v) is 11.2. The van der Waals surface area contributed by atoms with Gasteiger partial charge >= 0.3 is 0 Å². The smallest absolute Gasteiger partial charge is 0.0372 e. The van der Waals surface area contributed by atoms with Gasteiger partial charge in [-0.3, -0.25) is 4.98 Å². The van der Waals surface area contributed by atoms with Gasteiger partial charge in [-0.15, -0.1) is 0 Å². The van der Waals surface area contributed by atoms with E-state index in [0.29, 0.717) is 6.04 Å². The minimum atomic E-state index is 0.183. The standard InChI is InChI=1S/C14H24N2/c1-6-15-12(3)9-14(4,5)13-8-7-11(2)16-10-13/h7-8,10,12,15H,6,9H2,1-5H3. The highest BCUT2D eigenvalue weighted by molar-refractivity contribution is 5.22. The lowest BCUT2D eigenvalue weighted by atomic mass is 9.80. The van der Waals surface area contributed by atoms with Crippen LogP contribution in [-0.4, -0.2) is 17.6 Å². The maximum atomic E-state index is 4.38. The minimum Gasteiger partial charge on any atom is -0.315 e. The first-order valence-corrected chi connectivity index (χ1v) is 6.12. The zero-order valence-electron chi connectivity index (χ0n) is 11.2. The summed E-state index contributed by atoms with van der Waals surface area (Å²) in [4.78, 5) is 4.38. The molecule has 90 valence electrons. The normalized spacial score (nSPS) is 13.8. The molecule has 1 aromatic rings. The first kappa shape index (κ1) is 13.2. The van der Waals surface area contributed by atoms with E-state index in [1.165, 1.54) is 5.56 Å². The Kier molecular flexibility index (Phi) is 4.48. The average molecular weight is 220 g/mol. The summed E-state index contributed by atoms with van der Waals surface area (Å²) in [5.74, 6) is 0. The van der Waals surface area contributed by atoms with Crippen LogP contribution in [0.2, 0.25) is 0 Å². The molecule has 0 fully saturated rings. The Hall–Kier alpha value is -0.890. The molecule has 0 radical (unpaired) electrons. The molecule has 0 saturated carbocycles. The Labute approximate surface area is 99.5 Å². The van der Waals surface area contributed by atoms with E-state index in [2.05, 4.69) is 50.1 Å². The molecule has 0 spiro atoms. The van der Waals surface area contributed by atoms with Crippen LogP contribution in [0.25, 0.3) is 0 Å². The molecule has 1 rings (SSSR count). The van der Waals surface area contributed by atoms with Gasteiger partial charge in [-0.25, -0.2) is 0 Å². The summed E-state index contributed by atoms with van der Waals surface area (Å²) in [6.45, 7) is 12.0. The van der Waals surface area contributed by atoms with Gasteiger partial charge in [0.1, 0.15) is 0 Å². The highest BCUT2D eigenvalue weighted by Crippen LogP contribution is 2.27. The maximum Gasteiger partial charge on any atom is 0.0372 e. The summed E-state index contributed by atoms with van der Waals surface area (Å²) in [6, 6.07) is 4.83. The largest absolute Gasteiger partial charge is 0.315 e. The van der Waals surface area contributed by atoms with Gasteiger partial charge < -0.3 is 5.32 Å². The van der Waals surface area contributed by atoms with Gasteiger partial charge in [0.15, 0.2) is 0 Å². The first-order valence-electron chi connectivity index (χ1n) is 6.12. The second kappa shape index (κ2) is 5.44. The fourth-order valence-corrected chi connectivity index (χ4v) is 2.17. The van der Waals surface area contributed by atoms with Crippen molar-refractivity contribution >= 4 is 0 Å². The molecule has 0 aliphatic rings. The van der Waals surface area contributed by atoms with Crippen molar-refractivity contribution in [2.45, 2.75) is 52.5 Å². The Balaban J connectivity index is 2.72. The highest BCUT2D eigenvalue weighted by atomic mass is 14.9. The molecule has 0 amide bonds. The Morgan fingerprint density at radius 2 is 2.06 bits per heavy atom. The molecule has 1 atom stereocenters. The van der Waals surface area contributed by atoms with Crippen molar-refractivity contribution < 1.29 is 0 Å². The molecule has 0 bridgehead atoms. The first-order chi connectivity index (χ1) is 7.45. The molecule has 2 nitrogen and oxygen atoms in total. The lowest BCUT2D eigenvalue weighted by Gasteiger charge is -2.28. The molecule has 0 saturated heterocycles. The summed E-state index contributed by atoms with van der Waals surface area (Å²) in [6.07, 6.45) is 3.14. The third kappa shape index (κ3) is 3.60. The van der Waals surface area contributed by atoms with Crippen LogP contribution in [0.5, 0.6) is 0 Å². The molecule has 0 aliphatic heterocycles. The van der Waals surface area contributed by atoms with E-state index in [9.17, 15) is 0 Å². The van der Waals surface area contributed by atoms with Crippen LogP contribution in [0.3, 0.4) is 0 Å². The quantitative estimate of drug-likeness (QED) is 0.825. The third-order valence-corrected chi connectivity index (χ3v) is 3.06. The average Bonchev–Trinajstić information content (AvgIpc) is 2.17. The van der Waals surface area contributed by atoms with E-state index in [1.54, 1.807) is 0 Å². The van der Waals surface area contributed by atoms with Crippen LogP contribution in [-0.2, 0) is 5.41 Å². The summed E-state index contributed by atoms with van der Waals surface area (Å²) in [5.41, 5.74) is 2.59. The molecule has 1 heterocycles. The molecular weight excluding hydrogens is 196 g/mol. The number of hydrogen-bond donors (Lipinski definition) is 1. The lowest BCUT2D eigenvalue weighted by Crippen LogP contribution is -2.33. The number of nitrogens with zero attached hydrogens (tertiary/aromatic N) is 1. The van der Waals surface area contributed by atoms with Crippen molar-refractivity contribution in [2.24, 2.45) is 0 Å². The lowest BCUT2D eigenvalue weighted by molar-refractivity contribution is 0.393. The van der Waals surface area contributed by atoms with Crippen LogP contribution < -0.4 is 5.32 Å². The second-order valence-electron chi connectivity index (χ2n) is 5.23. The van der Waals surface area contributed by atoms with Crippen molar-refractivity contribution in [1.29, 1.82) is 0 Å². The van der Waals surface area contributed by atoms with E-state index in [4.69, 9.17) is 0 Å². The molecule has 0 aromatic carbocycles. The van der Waals surface area contributed by atoms with Gasteiger partial charge in [-0.2, -0.15) is 0 Å². The van der Waals surface area contributed by atoms with Crippen LogP contribution in [0.1, 0.15) is 45.4 Å². The van der Waals surface area contributed by atoms with E-state index in [-0.39, 0.29) is 5.41 Å². The fraction of sp³-hybridized carbons (Fsp3) is 0.643. The molecule has 2 heteroatoms. The molecule has 16 heavy (non-hydrogen) atoms. The number of aromatic nitrogens is 1. The molecular formula is C14H24N2. The van der Waals surface area contributed by atoms with Gasteiger partial charge in [-0.05, 0) is 43.9 Å². The Morgan fingerprint density at radius 3 is 2.56 bits per heavy atom. The minimum absolute atomic E-state index is 0.183. The van der Waals surface area contributed by atoms with Crippen LogP contribution in [0.15, 0.2) is 18.3 Å². The Bertz CT molecular complexity index is 314. The molecule has 1 unspecified atom stereocenters. The van der Waals surface area contributed by atoms with E-state index < -0.39 is 0 Å². The summed E-state index contributed by atoms with van der Waals surface area (Å²) in [7, 11) is 0. The van der Waals surface area contributed by atoms with E-state index in [1.807, 2.05) is 13.1 Å². The zero-order chi connectivity index (χ0) is 12.2. The van der Waals surface area contributed by atoms with Crippen molar-refractivity contribution in [3.05, 3.63) is 29.6 Å². The summed E-state index contributed by atoms with van der Waals surface area (Å²) >= 11 is 0. The van der Waals surface area contributed by atoms with E-state index in [0.717, 1.165) is 18.7 Å². The second-order valence-corrected chi connectivity index (χ2v) is 5.23. The number of pyridine rings is 1. The van der Waals surface area contributed by atoms with Crippen molar-refractivity contribution in [3.63, 3.8) is 0 Å². The number of hydrogen-bond acceptors (Lipinski definition) is 2. The predicted octanol–water partition coefficient (Wildman–Crippen LogP) is 3.06. The van der Waals surface area contributed by atoms with Crippen molar-refractivity contribution in [3.8, 4) is 0 Å². The van der Waals surface area contributed by atoms with Gasteiger partial charge in [0.05, 0.1) is 0 Å². The van der Waals surface area contributed by atoms with Gasteiger partial charge in [0.25, 0.3) is 0 Å². The fourth-order valence-electron chi connectivity index (χ4n) is 2.17. The van der Waals surface area contributed by atoms with Gasteiger partial charge in [0.2, 0.25) is 0 Å². The molecule has 1 aromatic heterocycles. The molecule has 1 N–H and O–H groups in total. The van der Waals surface area contributed by atoms with Crippen molar-refractivity contribution in [2.75, 3.05) is 6.54 Å². The van der Waals surface area contributed by atoms with Crippen LogP contribution >= 0.6 is 0 Å². The Morgan fingerprint density at radius 1 is 1.38 bits per heavy atom. The highest BCUT2D eigenvalue weighted by Gasteiger charge is 2.23. The summed E-state index contributed by atoms with van der Waals surface area (Å²) in [5, 5.41) is 3.46. The SMILES string of the molecule is CCNC(C)CC(C)(C)c1ccc(C)nc1. The molecule has 0 aliphatic carbocycles. The van der Waals surface area contributed by atoms with Gasteiger partial charge in [0, 0.05) is 17.9 Å². The van der Waals surface area contributed by atoms with Crippen LogP contribution in [0.4, 0.5) is 0 Å².